The van der Waals surface area contributed by atoms with Crippen LogP contribution in [0, 0.1) is 13.8 Å². The molecule has 0 fully saturated rings. The van der Waals surface area contributed by atoms with E-state index in [-0.39, 0.29) is 0 Å². The monoisotopic (exact) mass is 307 g/mol. The summed E-state index contributed by atoms with van der Waals surface area (Å²) in [5.41, 5.74) is 4.07. The summed E-state index contributed by atoms with van der Waals surface area (Å²) in [6.45, 7) is 5.25. The Bertz CT molecular complexity index is 716. The molecule has 0 spiro atoms. The van der Waals surface area contributed by atoms with Crippen LogP contribution in [0.2, 0.25) is 5.15 Å². The van der Waals surface area contributed by atoms with E-state index in [2.05, 4.69) is 0 Å². The van der Waals surface area contributed by atoms with Crippen LogP contribution >= 0.6 is 11.6 Å². The highest BCUT2D eigenvalue weighted by Crippen LogP contribution is 2.34. The van der Waals surface area contributed by atoms with Crippen molar-refractivity contribution in [3.8, 4) is 0 Å². The smallest absolute Gasteiger partial charge is 0.328 e. The predicted molar refractivity (Wildman–Crippen MR) is 85.0 cm³/mol. The Morgan fingerprint density at radius 2 is 2.14 bits per heavy atom. The highest BCUT2D eigenvalue weighted by Gasteiger charge is 2.16. The molecule has 1 N–H and O–H groups in total. The van der Waals surface area contributed by atoms with E-state index < -0.39 is 5.97 Å². The predicted octanol–water partition coefficient (Wildman–Crippen LogP) is 3.66. The van der Waals surface area contributed by atoms with Crippen molar-refractivity contribution in [3.63, 3.8) is 0 Å². The number of rotatable bonds is 5. The SMILES string of the molecule is COCCn1c(Cl)c(/C=C/C(=O)O)c2ccc(C)c(C)c21. The van der Waals surface area contributed by atoms with Crippen molar-refractivity contribution in [2.45, 2.75) is 20.4 Å². The van der Waals surface area contributed by atoms with E-state index in [9.17, 15) is 4.79 Å². The van der Waals surface area contributed by atoms with E-state index in [1.807, 2.05) is 30.5 Å². The molecular formula is C16H18ClNO3. The Morgan fingerprint density at radius 3 is 2.76 bits per heavy atom. The van der Waals surface area contributed by atoms with Crippen LogP contribution in [0.25, 0.3) is 17.0 Å². The van der Waals surface area contributed by atoms with Gasteiger partial charge in [0.25, 0.3) is 0 Å². The summed E-state index contributed by atoms with van der Waals surface area (Å²) >= 11 is 6.46. The molecule has 0 bridgehead atoms. The van der Waals surface area contributed by atoms with Crippen molar-refractivity contribution in [2.75, 3.05) is 13.7 Å². The lowest BCUT2D eigenvalue weighted by Crippen LogP contribution is -2.05. The maximum absolute atomic E-state index is 10.8. The van der Waals surface area contributed by atoms with Crippen LogP contribution in [0.1, 0.15) is 16.7 Å². The molecule has 0 aliphatic carbocycles. The van der Waals surface area contributed by atoms with Gasteiger partial charge in [-0.05, 0) is 31.1 Å². The Balaban J connectivity index is 2.72. The van der Waals surface area contributed by atoms with Gasteiger partial charge in [0.15, 0.2) is 0 Å². The van der Waals surface area contributed by atoms with Gasteiger partial charge in [0.2, 0.25) is 0 Å². The number of methoxy groups -OCH3 is 1. The minimum atomic E-state index is -0.993. The molecule has 1 aromatic heterocycles. The van der Waals surface area contributed by atoms with Crippen LogP contribution in [-0.4, -0.2) is 29.4 Å². The molecule has 1 heterocycles. The highest BCUT2D eigenvalue weighted by molar-refractivity contribution is 6.33. The first-order valence-electron chi connectivity index (χ1n) is 6.65. The molecule has 0 unspecified atom stereocenters. The molecular weight excluding hydrogens is 290 g/mol. The summed E-state index contributed by atoms with van der Waals surface area (Å²) in [5, 5.41) is 10.3. The normalized spacial score (nSPS) is 11.6. The molecule has 0 atom stereocenters. The lowest BCUT2D eigenvalue weighted by molar-refractivity contribution is -0.131. The first-order chi connectivity index (χ1) is 9.97. The molecule has 112 valence electrons. The third kappa shape index (κ3) is 2.96. The number of aromatic nitrogens is 1. The number of fused-ring (bicyclic) bond motifs is 1. The van der Waals surface area contributed by atoms with Gasteiger partial charge in [-0.2, -0.15) is 0 Å². The standard InChI is InChI=1S/C16H18ClNO3/c1-10-4-5-12-13(6-7-14(19)20)16(17)18(8-9-21-3)15(12)11(10)2/h4-7H,8-9H2,1-3H3,(H,19,20)/b7-6+. The van der Waals surface area contributed by atoms with Crippen LogP contribution in [0.15, 0.2) is 18.2 Å². The van der Waals surface area contributed by atoms with Gasteiger partial charge in [-0.25, -0.2) is 4.79 Å². The number of carboxylic acids is 1. The van der Waals surface area contributed by atoms with Crippen LogP contribution in [-0.2, 0) is 16.1 Å². The number of carbonyl (C=O) groups is 1. The van der Waals surface area contributed by atoms with Gasteiger partial charge in [-0.3, -0.25) is 0 Å². The van der Waals surface area contributed by atoms with Crippen molar-refractivity contribution >= 4 is 34.5 Å². The Labute approximate surface area is 128 Å². The topological polar surface area (TPSA) is 51.5 Å². The minimum absolute atomic E-state index is 0.535. The number of carboxylic acid groups (broad SMARTS) is 1. The van der Waals surface area contributed by atoms with Crippen LogP contribution in [0.3, 0.4) is 0 Å². The number of halogens is 1. The molecule has 0 saturated heterocycles. The van der Waals surface area contributed by atoms with E-state index in [0.717, 1.165) is 28.1 Å². The largest absolute Gasteiger partial charge is 0.478 e. The average molecular weight is 308 g/mol. The van der Waals surface area contributed by atoms with Gasteiger partial charge in [0.05, 0.1) is 12.1 Å². The van der Waals surface area contributed by atoms with Crippen molar-refractivity contribution in [1.29, 1.82) is 0 Å². The van der Waals surface area contributed by atoms with E-state index in [1.54, 1.807) is 13.2 Å². The minimum Gasteiger partial charge on any atom is -0.478 e. The number of aliphatic carboxylic acids is 1. The third-order valence-corrected chi connectivity index (χ3v) is 4.04. The van der Waals surface area contributed by atoms with Crippen LogP contribution in [0.5, 0.6) is 0 Å². The second-order valence-corrected chi connectivity index (χ2v) is 5.28. The van der Waals surface area contributed by atoms with Crippen molar-refractivity contribution in [2.24, 2.45) is 0 Å². The van der Waals surface area contributed by atoms with Crippen molar-refractivity contribution < 1.29 is 14.6 Å². The molecule has 0 aliphatic rings. The maximum atomic E-state index is 10.8. The average Bonchev–Trinajstić information content (AvgIpc) is 2.71. The summed E-state index contributed by atoms with van der Waals surface area (Å²) in [4.78, 5) is 10.8. The molecule has 4 nitrogen and oxygen atoms in total. The second kappa shape index (κ2) is 6.33. The molecule has 1 aromatic carbocycles. The summed E-state index contributed by atoms with van der Waals surface area (Å²) in [7, 11) is 1.64. The summed E-state index contributed by atoms with van der Waals surface area (Å²) in [6.07, 6.45) is 2.65. The number of hydrogen-bond acceptors (Lipinski definition) is 2. The van der Waals surface area contributed by atoms with Gasteiger partial charge in [0, 0.05) is 30.7 Å². The number of hydrogen-bond donors (Lipinski definition) is 1. The number of aryl methyl sites for hydroxylation is 2. The molecule has 21 heavy (non-hydrogen) atoms. The first-order valence-corrected chi connectivity index (χ1v) is 7.03. The van der Waals surface area contributed by atoms with Gasteiger partial charge < -0.3 is 14.4 Å². The first kappa shape index (κ1) is 15.6. The summed E-state index contributed by atoms with van der Waals surface area (Å²) in [6, 6.07) is 4.00. The third-order valence-electron chi connectivity index (χ3n) is 3.63. The number of nitrogens with zero attached hydrogens (tertiary/aromatic N) is 1. The Hall–Kier alpha value is -1.78. The zero-order valence-electron chi connectivity index (χ0n) is 12.3. The molecule has 0 radical (unpaired) electrons. The molecule has 0 amide bonds. The lowest BCUT2D eigenvalue weighted by Gasteiger charge is -2.09. The number of ether oxygens (including phenoxy) is 1. The van der Waals surface area contributed by atoms with E-state index in [0.29, 0.717) is 18.3 Å². The highest BCUT2D eigenvalue weighted by atomic mass is 35.5. The summed E-state index contributed by atoms with van der Waals surface area (Å²) in [5.74, 6) is -0.993. The maximum Gasteiger partial charge on any atom is 0.328 e. The Kier molecular flexibility index (Phi) is 4.70. The molecule has 0 saturated carbocycles. The van der Waals surface area contributed by atoms with Gasteiger partial charge >= 0.3 is 5.97 Å². The van der Waals surface area contributed by atoms with Gasteiger partial charge in [-0.15, -0.1) is 0 Å². The zero-order chi connectivity index (χ0) is 15.6. The van der Waals surface area contributed by atoms with Crippen molar-refractivity contribution in [1.82, 2.24) is 4.57 Å². The Morgan fingerprint density at radius 1 is 1.43 bits per heavy atom. The van der Waals surface area contributed by atoms with E-state index >= 15 is 0 Å². The molecule has 0 aliphatic heterocycles. The van der Waals surface area contributed by atoms with Gasteiger partial charge in [-0.1, -0.05) is 23.7 Å². The molecule has 5 heteroatoms. The lowest BCUT2D eigenvalue weighted by atomic mass is 10.0. The molecule has 2 aromatic rings. The van der Waals surface area contributed by atoms with E-state index in [1.165, 1.54) is 5.56 Å². The van der Waals surface area contributed by atoms with Crippen LogP contribution in [0.4, 0.5) is 0 Å². The van der Waals surface area contributed by atoms with E-state index in [4.69, 9.17) is 21.4 Å². The molecule has 2 rings (SSSR count). The fourth-order valence-electron chi connectivity index (χ4n) is 2.43. The van der Waals surface area contributed by atoms with Crippen LogP contribution < -0.4 is 0 Å². The number of benzene rings is 1. The van der Waals surface area contributed by atoms with Gasteiger partial charge in [0.1, 0.15) is 5.15 Å². The fraction of sp³-hybridized carbons (Fsp3) is 0.312. The van der Waals surface area contributed by atoms with Crippen molar-refractivity contribution in [3.05, 3.63) is 40.1 Å². The quantitative estimate of drug-likeness (QED) is 0.858. The second-order valence-electron chi connectivity index (χ2n) is 4.92. The fourth-order valence-corrected chi connectivity index (χ4v) is 2.76. The summed E-state index contributed by atoms with van der Waals surface area (Å²) < 4.78 is 7.11. The zero-order valence-corrected chi connectivity index (χ0v) is 13.1.